The SMILES string of the molecule is CCOc1ccc(NC(=O)c2nc(C(=O)N3CCOCC3)c3n2CCCC3)cc1. The van der Waals surface area contributed by atoms with E-state index >= 15 is 0 Å². The maximum Gasteiger partial charge on any atom is 0.291 e. The number of anilines is 1. The smallest absolute Gasteiger partial charge is 0.291 e. The summed E-state index contributed by atoms with van der Waals surface area (Å²) in [4.78, 5) is 32.2. The Morgan fingerprint density at radius 3 is 2.62 bits per heavy atom. The molecule has 2 aliphatic heterocycles. The minimum absolute atomic E-state index is 0.112. The van der Waals surface area contributed by atoms with Gasteiger partial charge in [-0.1, -0.05) is 0 Å². The number of fused-ring (bicyclic) bond motifs is 1. The van der Waals surface area contributed by atoms with Gasteiger partial charge in [-0.15, -0.1) is 0 Å². The third-order valence-corrected chi connectivity index (χ3v) is 5.24. The number of hydrogen-bond acceptors (Lipinski definition) is 5. The van der Waals surface area contributed by atoms with E-state index in [4.69, 9.17) is 9.47 Å². The summed E-state index contributed by atoms with van der Waals surface area (Å²) in [5.74, 6) is 0.629. The Bertz CT molecular complexity index is 885. The molecular formula is C21H26N4O4. The van der Waals surface area contributed by atoms with Crippen LogP contribution in [0.25, 0.3) is 0 Å². The highest BCUT2D eigenvalue weighted by molar-refractivity contribution is 6.03. The summed E-state index contributed by atoms with van der Waals surface area (Å²) in [6, 6.07) is 7.21. The third kappa shape index (κ3) is 4.12. The first-order chi connectivity index (χ1) is 14.2. The standard InChI is InChI=1S/C21H26N4O4/c1-2-29-16-8-6-15(7-9-16)22-20(26)19-23-18(17-5-3-4-10-25(17)19)21(27)24-11-13-28-14-12-24/h6-9H,2-5,10-14H2,1H3,(H,22,26). The average Bonchev–Trinajstić information content (AvgIpc) is 3.15. The van der Waals surface area contributed by atoms with Gasteiger partial charge in [0.2, 0.25) is 0 Å². The van der Waals surface area contributed by atoms with Gasteiger partial charge in [0.1, 0.15) is 11.4 Å². The summed E-state index contributed by atoms with van der Waals surface area (Å²) in [5.41, 5.74) is 1.93. The van der Waals surface area contributed by atoms with Crippen LogP contribution in [0.3, 0.4) is 0 Å². The van der Waals surface area contributed by atoms with Gasteiger partial charge in [0.15, 0.2) is 5.82 Å². The minimum Gasteiger partial charge on any atom is -0.494 e. The first kappa shape index (κ1) is 19.4. The van der Waals surface area contributed by atoms with Gasteiger partial charge in [-0.05, 0) is 50.5 Å². The van der Waals surface area contributed by atoms with Gasteiger partial charge in [0, 0.05) is 25.3 Å². The van der Waals surface area contributed by atoms with Crippen LogP contribution in [-0.4, -0.2) is 59.2 Å². The first-order valence-corrected chi connectivity index (χ1v) is 10.2. The fourth-order valence-corrected chi connectivity index (χ4v) is 3.79. The molecule has 154 valence electrons. The quantitative estimate of drug-likeness (QED) is 0.836. The van der Waals surface area contributed by atoms with Crippen LogP contribution in [0, 0.1) is 0 Å². The van der Waals surface area contributed by atoms with Crippen molar-refractivity contribution in [3.8, 4) is 5.75 Å². The predicted octanol–water partition coefficient (Wildman–Crippen LogP) is 2.34. The van der Waals surface area contributed by atoms with Crippen LogP contribution in [0.5, 0.6) is 5.75 Å². The van der Waals surface area contributed by atoms with Gasteiger partial charge in [0.25, 0.3) is 11.8 Å². The molecule has 8 heteroatoms. The van der Waals surface area contributed by atoms with Gasteiger partial charge in [-0.25, -0.2) is 4.98 Å². The van der Waals surface area contributed by atoms with Crippen molar-refractivity contribution in [1.29, 1.82) is 0 Å². The number of hydrogen-bond donors (Lipinski definition) is 1. The maximum atomic E-state index is 13.0. The number of nitrogens with one attached hydrogen (secondary N) is 1. The number of carbonyl (C=O) groups excluding carboxylic acids is 2. The predicted molar refractivity (Wildman–Crippen MR) is 107 cm³/mol. The zero-order valence-electron chi connectivity index (χ0n) is 16.6. The molecule has 3 heterocycles. The Kier molecular flexibility index (Phi) is 5.80. The van der Waals surface area contributed by atoms with Crippen LogP contribution in [0.1, 0.15) is 46.6 Å². The Labute approximate surface area is 169 Å². The molecule has 0 aliphatic carbocycles. The highest BCUT2D eigenvalue weighted by atomic mass is 16.5. The number of morpholine rings is 1. The Morgan fingerprint density at radius 1 is 1.14 bits per heavy atom. The first-order valence-electron chi connectivity index (χ1n) is 10.2. The van der Waals surface area contributed by atoms with E-state index in [0.29, 0.717) is 56.7 Å². The molecule has 4 rings (SSSR count). The third-order valence-electron chi connectivity index (χ3n) is 5.24. The Morgan fingerprint density at radius 2 is 1.90 bits per heavy atom. The van der Waals surface area contributed by atoms with E-state index in [2.05, 4.69) is 10.3 Å². The van der Waals surface area contributed by atoms with Gasteiger partial charge >= 0.3 is 0 Å². The second kappa shape index (κ2) is 8.65. The largest absolute Gasteiger partial charge is 0.494 e. The van der Waals surface area contributed by atoms with Gasteiger partial charge in [-0.3, -0.25) is 9.59 Å². The molecule has 1 fully saturated rings. The monoisotopic (exact) mass is 398 g/mol. The average molecular weight is 398 g/mol. The second-order valence-corrected chi connectivity index (χ2v) is 7.16. The van der Waals surface area contributed by atoms with Crippen molar-refractivity contribution >= 4 is 17.5 Å². The van der Waals surface area contributed by atoms with E-state index in [1.165, 1.54) is 0 Å². The Hall–Kier alpha value is -2.87. The summed E-state index contributed by atoms with van der Waals surface area (Å²) in [6.07, 6.45) is 2.72. The lowest BCUT2D eigenvalue weighted by Gasteiger charge is -2.26. The summed E-state index contributed by atoms with van der Waals surface area (Å²) in [7, 11) is 0. The fourth-order valence-electron chi connectivity index (χ4n) is 3.79. The fraction of sp³-hybridized carbons (Fsp3) is 0.476. The molecule has 1 aromatic heterocycles. The van der Waals surface area contributed by atoms with Crippen LogP contribution in [0.15, 0.2) is 24.3 Å². The van der Waals surface area contributed by atoms with Crippen molar-refractivity contribution in [2.75, 3.05) is 38.2 Å². The molecule has 0 atom stereocenters. The number of imidazole rings is 1. The van der Waals surface area contributed by atoms with Crippen molar-refractivity contribution in [1.82, 2.24) is 14.5 Å². The molecule has 0 saturated carbocycles. The van der Waals surface area contributed by atoms with Crippen molar-refractivity contribution < 1.29 is 19.1 Å². The molecule has 0 spiro atoms. The number of aromatic nitrogens is 2. The molecule has 2 aromatic rings. The number of amides is 2. The van der Waals surface area contributed by atoms with Crippen LogP contribution < -0.4 is 10.1 Å². The van der Waals surface area contributed by atoms with Crippen molar-refractivity contribution in [2.45, 2.75) is 32.7 Å². The summed E-state index contributed by atoms with van der Waals surface area (Å²) in [5, 5.41) is 2.89. The molecule has 1 saturated heterocycles. The molecule has 0 unspecified atom stereocenters. The van der Waals surface area contributed by atoms with E-state index < -0.39 is 0 Å². The lowest BCUT2D eigenvalue weighted by molar-refractivity contribution is 0.0298. The molecule has 1 N–H and O–H groups in total. The summed E-state index contributed by atoms with van der Waals surface area (Å²) in [6.45, 7) is 5.39. The number of ether oxygens (including phenoxy) is 2. The molecule has 2 amide bonds. The van der Waals surface area contributed by atoms with Gasteiger partial charge in [-0.2, -0.15) is 0 Å². The van der Waals surface area contributed by atoms with E-state index in [-0.39, 0.29) is 11.8 Å². The van der Waals surface area contributed by atoms with E-state index in [9.17, 15) is 9.59 Å². The zero-order chi connectivity index (χ0) is 20.2. The van der Waals surface area contributed by atoms with E-state index in [0.717, 1.165) is 30.7 Å². The molecule has 8 nitrogen and oxygen atoms in total. The normalized spacial score (nSPS) is 16.2. The zero-order valence-corrected chi connectivity index (χ0v) is 16.6. The number of rotatable bonds is 5. The number of carbonyl (C=O) groups is 2. The summed E-state index contributed by atoms with van der Waals surface area (Å²) < 4.78 is 12.7. The van der Waals surface area contributed by atoms with Crippen molar-refractivity contribution in [3.63, 3.8) is 0 Å². The van der Waals surface area contributed by atoms with E-state index in [1.807, 2.05) is 23.6 Å². The number of benzene rings is 1. The van der Waals surface area contributed by atoms with Crippen LogP contribution in [0.2, 0.25) is 0 Å². The van der Waals surface area contributed by atoms with Gasteiger partial charge < -0.3 is 24.3 Å². The number of nitrogens with zero attached hydrogens (tertiary/aromatic N) is 3. The van der Waals surface area contributed by atoms with Crippen LogP contribution >= 0.6 is 0 Å². The summed E-state index contributed by atoms with van der Waals surface area (Å²) >= 11 is 0. The Balaban J connectivity index is 1.57. The maximum absolute atomic E-state index is 13.0. The second-order valence-electron chi connectivity index (χ2n) is 7.16. The van der Waals surface area contributed by atoms with Crippen molar-refractivity contribution in [2.24, 2.45) is 0 Å². The highest BCUT2D eigenvalue weighted by Gasteiger charge is 2.30. The van der Waals surface area contributed by atoms with Crippen LogP contribution in [-0.2, 0) is 17.7 Å². The topological polar surface area (TPSA) is 85.7 Å². The minimum atomic E-state index is -0.307. The lowest BCUT2D eigenvalue weighted by atomic mass is 10.1. The highest BCUT2D eigenvalue weighted by Crippen LogP contribution is 2.24. The molecule has 2 aliphatic rings. The molecule has 0 bridgehead atoms. The van der Waals surface area contributed by atoms with Gasteiger partial charge in [0.05, 0.1) is 25.5 Å². The van der Waals surface area contributed by atoms with Crippen molar-refractivity contribution in [3.05, 3.63) is 41.5 Å². The molecular weight excluding hydrogens is 372 g/mol. The molecule has 0 radical (unpaired) electrons. The van der Waals surface area contributed by atoms with E-state index in [1.54, 1.807) is 17.0 Å². The molecule has 1 aromatic carbocycles. The van der Waals surface area contributed by atoms with Crippen LogP contribution in [0.4, 0.5) is 5.69 Å². The lowest BCUT2D eigenvalue weighted by Crippen LogP contribution is -2.41. The molecule has 29 heavy (non-hydrogen) atoms.